The molecular weight excluding hydrogens is 190 g/mol. The quantitative estimate of drug-likeness (QED) is 0.764. The molecule has 1 heterocycles. The second-order valence-corrected chi connectivity index (χ2v) is 3.28. The maximum absolute atomic E-state index is 8.83. The predicted octanol–water partition coefficient (Wildman–Crippen LogP) is 1.53. The number of anilines is 1. The van der Waals surface area contributed by atoms with E-state index in [0.717, 1.165) is 6.42 Å². The zero-order chi connectivity index (χ0) is 11.1. The molecule has 0 fully saturated rings. The van der Waals surface area contributed by atoms with Gasteiger partial charge in [-0.05, 0) is 25.0 Å². The van der Waals surface area contributed by atoms with Crippen LogP contribution in [0.1, 0.15) is 25.5 Å². The Labute approximate surface area is 89.6 Å². The molecule has 1 aromatic heterocycles. The van der Waals surface area contributed by atoms with Gasteiger partial charge in [0.2, 0.25) is 0 Å². The zero-order valence-corrected chi connectivity index (χ0v) is 8.77. The fraction of sp³-hybridized carbons (Fsp3) is 0.455. The molecule has 4 heteroatoms. The summed E-state index contributed by atoms with van der Waals surface area (Å²) in [7, 11) is 0. The third-order valence-corrected chi connectivity index (χ3v) is 2.19. The third kappa shape index (κ3) is 3.56. The molecule has 0 saturated carbocycles. The highest BCUT2D eigenvalue weighted by molar-refractivity contribution is 5.39. The highest BCUT2D eigenvalue weighted by atomic mass is 16.3. The van der Waals surface area contributed by atoms with Gasteiger partial charge in [-0.15, -0.1) is 0 Å². The van der Waals surface area contributed by atoms with Crippen molar-refractivity contribution >= 4 is 5.82 Å². The van der Waals surface area contributed by atoms with Crippen molar-refractivity contribution in [3.8, 4) is 6.07 Å². The summed E-state index contributed by atoms with van der Waals surface area (Å²) in [6.07, 6.45) is 1.61. The lowest BCUT2D eigenvalue weighted by Gasteiger charge is -2.16. The molecule has 0 spiro atoms. The van der Waals surface area contributed by atoms with E-state index >= 15 is 0 Å². The smallest absolute Gasteiger partial charge is 0.142 e. The molecule has 2 N–H and O–H groups in total. The molecule has 0 aliphatic carbocycles. The largest absolute Gasteiger partial charge is 0.396 e. The lowest BCUT2D eigenvalue weighted by molar-refractivity contribution is 0.278. The van der Waals surface area contributed by atoms with Crippen LogP contribution in [0.15, 0.2) is 18.2 Å². The minimum absolute atomic E-state index is 0.156. The Morgan fingerprint density at radius 1 is 1.60 bits per heavy atom. The molecule has 1 rings (SSSR count). The normalized spacial score (nSPS) is 11.8. The number of hydrogen-bond acceptors (Lipinski definition) is 4. The average Bonchev–Trinajstić information content (AvgIpc) is 2.29. The summed E-state index contributed by atoms with van der Waals surface area (Å²) in [6, 6.07) is 7.47. The number of aliphatic hydroxyl groups excluding tert-OH is 1. The molecule has 0 aliphatic heterocycles. The number of aromatic nitrogens is 1. The summed E-state index contributed by atoms with van der Waals surface area (Å²) in [5.74, 6) is 0.689. The molecule has 0 amide bonds. The molecular formula is C11H15N3O. The van der Waals surface area contributed by atoms with Gasteiger partial charge in [-0.25, -0.2) is 4.98 Å². The Morgan fingerprint density at radius 3 is 3.00 bits per heavy atom. The van der Waals surface area contributed by atoms with Crippen molar-refractivity contribution in [2.75, 3.05) is 11.9 Å². The maximum atomic E-state index is 8.83. The molecule has 0 aliphatic rings. The van der Waals surface area contributed by atoms with Crippen LogP contribution in [0.3, 0.4) is 0 Å². The Morgan fingerprint density at radius 2 is 2.40 bits per heavy atom. The standard InChI is InChI=1S/C11H15N3O/c1-2-9(6-7-15)13-11-5-3-4-10(8-12)14-11/h3-5,9,15H,2,6-7H2,1H3,(H,13,14). The van der Waals surface area contributed by atoms with Crippen molar-refractivity contribution in [1.82, 2.24) is 4.98 Å². The fourth-order valence-electron chi connectivity index (χ4n) is 1.32. The second kappa shape index (κ2) is 5.99. The number of hydrogen-bond donors (Lipinski definition) is 2. The van der Waals surface area contributed by atoms with Crippen LogP contribution in [0.25, 0.3) is 0 Å². The van der Waals surface area contributed by atoms with E-state index in [4.69, 9.17) is 10.4 Å². The number of nitrogens with one attached hydrogen (secondary N) is 1. The molecule has 1 atom stereocenters. The van der Waals surface area contributed by atoms with Gasteiger partial charge in [0.15, 0.2) is 0 Å². The lowest BCUT2D eigenvalue weighted by atomic mass is 10.1. The van der Waals surface area contributed by atoms with Crippen molar-refractivity contribution < 1.29 is 5.11 Å². The van der Waals surface area contributed by atoms with E-state index in [1.54, 1.807) is 12.1 Å². The SMILES string of the molecule is CCC(CCO)Nc1cccc(C#N)n1. The van der Waals surface area contributed by atoms with Crippen LogP contribution in [-0.2, 0) is 0 Å². The second-order valence-electron chi connectivity index (χ2n) is 3.28. The predicted molar refractivity (Wildman–Crippen MR) is 58.4 cm³/mol. The van der Waals surface area contributed by atoms with E-state index in [1.165, 1.54) is 0 Å². The molecule has 1 unspecified atom stereocenters. The summed E-state index contributed by atoms with van der Waals surface area (Å²) in [5.41, 5.74) is 0.402. The first kappa shape index (κ1) is 11.5. The number of pyridine rings is 1. The third-order valence-electron chi connectivity index (χ3n) is 2.19. The Balaban J connectivity index is 2.66. The molecule has 0 radical (unpaired) electrons. The highest BCUT2D eigenvalue weighted by Gasteiger charge is 2.05. The van der Waals surface area contributed by atoms with E-state index < -0.39 is 0 Å². The Hall–Kier alpha value is -1.60. The van der Waals surface area contributed by atoms with Gasteiger partial charge in [-0.3, -0.25) is 0 Å². The van der Waals surface area contributed by atoms with Crippen LogP contribution in [-0.4, -0.2) is 22.7 Å². The zero-order valence-electron chi connectivity index (χ0n) is 8.77. The van der Waals surface area contributed by atoms with Gasteiger partial charge in [0.05, 0.1) is 0 Å². The summed E-state index contributed by atoms with van der Waals surface area (Å²) in [6.45, 7) is 2.20. The molecule has 15 heavy (non-hydrogen) atoms. The first-order chi connectivity index (χ1) is 7.30. The van der Waals surface area contributed by atoms with Crippen molar-refractivity contribution in [1.29, 1.82) is 5.26 Å². The van der Waals surface area contributed by atoms with Crippen LogP contribution in [0.5, 0.6) is 0 Å². The maximum Gasteiger partial charge on any atom is 0.142 e. The minimum atomic E-state index is 0.156. The van der Waals surface area contributed by atoms with Crippen LogP contribution in [0, 0.1) is 11.3 Å². The molecule has 0 bridgehead atoms. The van der Waals surface area contributed by atoms with E-state index in [1.807, 2.05) is 19.1 Å². The van der Waals surface area contributed by atoms with Crippen LogP contribution in [0.2, 0.25) is 0 Å². The van der Waals surface area contributed by atoms with Gasteiger partial charge in [-0.1, -0.05) is 13.0 Å². The monoisotopic (exact) mass is 205 g/mol. The molecule has 4 nitrogen and oxygen atoms in total. The van der Waals surface area contributed by atoms with E-state index in [-0.39, 0.29) is 12.6 Å². The first-order valence-corrected chi connectivity index (χ1v) is 5.04. The number of nitrogens with zero attached hydrogens (tertiary/aromatic N) is 2. The van der Waals surface area contributed by atoms with Crippen LogP contribution in [0.4, 0.5) is 5.82 Å². The van der Waals surface area contributed by atoms with E-state index in [0.29, 0.717) is 17.9 Å². The summed E-state index contributed by atoms with van der Waals surface area (Å²) < 4.78 is 0. The van der Waals surface area contributed by atoms with Crippen molar-refractivity contribution in [3.63, 3.8) is 0 Å². The van der Waals surface area contributed by atoms with Crippen molar-refractivity contribution in [3.05, 3.63) is 23.9 Å². The fourth-order valence-corrected chi connectivity index (χ4v) is 1.32. The number of rotatable bonds is 5. The molecule has 0 saturated heterocycles. The molecule has 1 aromatic rings. The first-order valence-electron chi connectivity index (χ1n) is 5.04. The van der Waals surface area contributed by atoms with Crippen LogP contribution >= 0.6 is 0 Å². The van der Waals surface area contributed by atoms with Crippen LogP contribution < -0.4 is 5.32 Å². The van der Waals surface area contributed by atoms with Gasteiger partial charge < -0.3 is 10.4 Å². The number of nitriles is 1. The van der Waals surface area contributed by atoms with Crippen molar-refractivity contribution in [2.45, 2.75) is 25.8 Å². The highest BCUT2D eigenvalue weighted by Crippen LogP contribution is 2.09. The summed E-state index contributed by atoms with van der Waals surface area (Å²) in [4.78, 5) is 4.11. The Kier molecular flexibility index (Phi) is 4.58. The van der Waals surface area contributed by atoms with Gasteiger partial charge in [0, 0.05) is 12.6 Å². The minimum Gasteiger partial charge on any atom is -0.396 e. The van der Waals surface area contributed by atoms with Gasteiger partial charge in [0.1, 0.15) is 17.6 Å². The van der Waals surface area contributed by atoms with Gasteiger partial charge >= 0.3 is 0 Å². The topological polar surface area (TPSA) is 68.9 Å². The van der Waals surface area contributed by atoms with Gasteiger partial charge in [-0.2, -0.15) is 5.26 Å². The van der Waals surface area contributed by atoms with Crippen molar-refractivity contribution in [2.24, 2.45) is 0 Å². The number of aliphatic hydroxyl groups is 1. The summed E-state index contributed by atoms with van der Waals surface area (Å²) >= 11 is 0. The average molecular weight is 205 g/mol. The Bertz CT molecular complexity index is 346. The van der Waals surface area contributed by atoms with Gasteiger partial charge in [0.25, 0.3) is 0 Å². The van der Waals surface area contributed by atoms with E-state index in [9.17, 15) is 0 Å². The lowest BCUT2D eigenvalue weighted by Crippen LogP contribution is -2.20. The summed E-state index contributed by atoms with van der Waals surface area (Å²) in [5, 5.41) is 20.7. The molecule has 80 valence electrons. The van der Waals surface area contributed by atoms with E-state index in [2.05, 4.69) is 10.3 Å². The molecule has 0 aromatic carbocycles.